The number of rotatable bonds is 10. The van der Waals surface area contributed by atoms with Gasteiger partial charge >= 0.3 is 0 Å². The molecular weight excluding hydrogens is 576 g/mol. The number of amides is 2. The Morgan fingerprint density at radius 2 is 1.61 bits per heavy atom. The van der Waals surface area contributed by atoms with E-state index in [2.05, 4.69) is 15.3 Å². The molecule has 4 aromatic rings. The Hall–Kier alpha value is -3.47. The summed E-state index contributed by atoms with van der Waals surface area (Å²) >= 11 is 8.74. The zero-order chi connectivity index (χ0) is 29.7. The lowest BCUT2D eigenvalue weighted by molar-refractivity contribution is -0.142. The summed E-state index contributed by atoms with van der Waals surface area (Å²) < 4.78 is 0. The number of thiazole rings is 1. The molecule has 0 bridgehead atoms. The van der Waals surface area contributed by atoms with Gasteiger partial charge in [0.1, 0.15) is 10.5 Å². The number of halogens is 1. The van der Waals surface area contributed by atoms with E-state index in [1.54, 1.807) is 18.7 Å². The maximum atomic E-state index is 13.8. The molecular formula is C30H33ClN6O2S2. The highest BCUT2D eigenvalue weighted by Crippen LogP contribution is 2.28. The van der Waals surface area contributed by atoms with E-state index in [4.69, 9.17) is 16.6 Å². The van der Waals surface area contributed by atoms with Gasteiger partial charge in [-0.2, -0.15) is 0 Å². The number of carbonyl (C=O) groups excluding carboxylic acids is 2. The number of nitrogens with one attached hydrogen (secondary N) is 1. The summed E-state index contributed by atoms with van der Waals surface area (Å²) in [4.78, 5) is 44.6. The first-order valence-electron chi connectivity index (χ1n) is 13.0. The predicted molar refractivity (Wildman–Crippen MR) is 169 cm³/mol. The number of nitrogens with zero attached hydrogens (tertiary/aromatic N) is 5. The summed E-state index contributed by atoms with van der Waals surface area (Å²) in [6.07, 6.45) is 0. The van der Waals surface area contributed by atoms with Gasteiger partial charge in [0, 0.05) is 52.8 Å². The van der Waals surface area contributed by atoms with Gasteiger partial charge < -0.3 is 15.1 Å². The van der Waals surface area contributed by atoms with Gasteiger partial charge in [-0.15, -0.1) is 11.3 Å². The maximum Gasteiger partial charge on any atom is 0.249 e. The molecule has 8 nitrogen and oxygen atoms in total. The van der Waals surface area contributed by atoms with Crippen LogP contribution in [0.5, 0.6) is 0 Å². The number of aryl methyl sites for hydroxylation is 2. The van der Waals surface area contributed by atoms with Crippen molar-refractivity contribution in [2.24, 2.45) is 0 Å². The predicted octanol–water partition coefficient (Wildman–Crippen LogP) is 6.47. The molecule has 0 fully saturated rings. The van der Waals surface area contributed by atoms with E-state index in [9.17, 15) is 9.59 Å². The summed E-state index contributed by atoms with van der Waals surface area (Å²) in [5.41, 5.74) is 3.87. The lowest BCUT2D eigenvalue weighted by Gasteiger charge is -2.37. The molecule has 41 heavy (non-hydrogen) atoms. The molecule has 0 aliphatic carbocycles. The van der Waals surface area contributed by atoms with Crippen molar-refractivity contribution in [3.63, 3.8) is 0 Å². The van der Waals surface area contributed by atoms with Crippen molar-refractivity contribution in [3.8, 4) is 11.3 Å². The second-order valence-electron chi connectivity index (χ2n) is 10.3. The third-order valence-electron chi connectivity index (χ3n) is 6.44. The largest absolute Gasteiger partial charge is 0.378 e. The van der Waals surface area contributed by atoms with Crippen LogP contribution in [0.1, 0.15) is 30.2 Å². The molecule has 4 rings (SSSR count). The van der Waals surface area contributed by atoms with Gasteiger partial charge in [-0.1, -0.05) is 35.5 Å². The molecule has 0 unspecified atom stereocenters. The Labute approximate surface area is 254 Å². The molecule has 0 saturated heterocycles. The van der Waals surface area contributed by atoms with Gasteiger partial charge in [0.05, 0.1) is 18.0 Å². The summed E-state index contributed by atoms with van der Waals surface area (Å²) in [5.74, 6) is -0.443. The second-order valence-corrected chi connectivity index (χ2v) is 12.6. The van der Waals surface area contributed by atoms with Crippen molar-refractivity contribution in [1.29, 1.82) is 0 Å². The summed E-state index contributed by atoms with van der Waals surface area (Å²) in [7, 11) is 3.91. The third kappa shape index (κ3) is 7.84. The molecule has 2 aromatic heterocycles. The molecule has 2 heterocycles. The van der Waals surface area contributed by atoms with Crippen LogP contribution < -0.4 is 10.2 Å². The van der Waals surface area contributed by atoms with Crippen LogP contribution in [0.2, 0.25) is 5.02 Å². The quantitative estimate of drug-likeness (QED) is 0.163. The first kappa shape index (κ1) is 30.5. The average Bonchev–Trinajstić information content (AvgIpc) is 3.39. The first-order valence-corrected chi connectivity index (χ1v) is 15.2. The zero-order valence-corrected chi connectivity index (χ0v) is 26.3. The standard InChI is InChI=1S/C30H33ClN6O2S2/c1-19-15-20(2)33-29(32-19)41-18-27(38)37(16-26-35-25(17-40-26)21-7-9-22(31)10-8-21)30(3,4)28(39)34-23-11-13-24(14-12-23)36(5)6/h7-15,17H,16,18H2,1-6H3,(H,34,39). The van der Waals surface area contributed by atoms with E-state index in [1.165, 1.54) is 23.1 Å². The highest BCUT2D eigenvalue weighted by molar-refractivity contribution is 7.99. The monoisotopic (exact) mass is 608 g/mol. The molecule has 0 aliphatic rings. The van der Waals surface area contributed by atoms with E-state index >= 15 is 0 Å². The topological polar surface area (TPSA) is 91.3 Å². The zero-order valence-electron chi connectivity index (χ0n) is 23.9. The minimum absolute atomic E-state index is 0.0759. The third-order valence-corrected chi connectivity index (χ3v) is 8.36. The minimum Gasteiger partial charge on any atom is -0.378 e. The fourth-order valence-corrected chi connectivity index (χ4v) is 5.82. The smallest absolute Gasteiger partial charge is 0.249 e. The van der Waals surface area contributed by atoms with Crippen LogP contribution in [-0.2, 0) is 16.1 Å². The Bertz CT molecular complexity index is 1500. The highest BCUT2D eigenvalue weighted by Gasteiger charge is 2.38. The molecule has 0 saturated carbocycles. The van der Waals surface area contributed by atoms with Gasteiger partial charge in [0.25, 0.3) is 0 Å². The number of carbonyl (C=O) groups is 2. The molecule has 2 aromatic carbocycles. The van der Waals surface area contributed by atoms with E-state index in [-0.39, 0.29) is 24.1 Å². The molecule has 214 valence electrons. The fraction of sp³-hybridized carbons (Fsp3) is 0.300. The van der Waals surface area contributed by atoms with Crippen molar-refractivity contribution in [3.05, 3.63) is 81.4 Å². The van der Waals surface area contributed by atoms with Gasteiger partial charge in [0.2, 0.25) is 11.8 Å². The second kappa shape index (κ2) is 13.0. The lowest BCUT2D eigenvalue weighted by Crippen LogP contribution is -2.55. The average molecular weight is 609 g/mol. The van der Waals surface area contributed by atoms with Crippen molar-refractivity contribution < 1.29 is 9.59 Å². The Morgan fingerprint density at radius 1 is 0.976 bits per heavy atom. The number of thioether (sulfide) groups is 1. The number of anilines is 2. The Kier molecular flexibility index (Phi) is 9.68. The summed E-state index contributed by atoms with van der Waals surface area (Å²) in [5, 5.41) is 6.82. The van der Waals surface area contributed by atoms with E-state index in [0.717, 1.165) is 28.3 Å². The van der Waals surface area contributed by atoms with Gasteiger partial charge in [-0.3, -0.25) is 9.59 Å². The van der Waals surface area contributed by atoms with E-state index in [0.29, 0.717) is 20.9 Å². The number of aromatic nitrogens is 3. The fourth-order valence-electron chi connectivity index (χ4n) is 4.08. The van der Waals surface area contributed by atoms with Crippen LogP contribution in [0.15, 0.2) is 65.1 Å². The summed E-state index contributed by atoms with van der Waals surface area (Å²) in [6, 6.07) is 16.9. The molecule has 0 atom stereocenters. The highest BCUT2D eigenvalue weighted by atomic mass is 35.5. The molecule has 0 radical (unpaired) electrons. The first-order chi connectivity index (χ1) is 19.4. The number of benzene rings is 2. The molecule has 11 heteroatoms. The summed E-state index contributed by atoms with van der Waals surface area (Å²) in [6.45, 7) is 7.46. The van der Waals surface area contributed by atoms with Gasteiger partial charge in [0.15, 0.2) is 5.16 Å². The van der Waals surface area contributed by atoms with Crippen molar-refractivity contribution in [2.75, 3.05) is 30.1 Å². The van der Waals surface area contributed by atoms with Crippen LogP contribution in [-0.4, -0.2) is 57.1 Å². The number of hydrogen-bond acceptors (Lipinski definition) is 8. The molecule has 1 N–H and O–H groups in total. The minimum atomic E-state index is -1.19. The van der Waals surface area contributed by atoms with Crippen LogP contribution in [0.4, 0.5) is 11.4 Å². The van der Waals surface area contributed by atoms with Crippen molar-refractivity contribution in [2.45, 2.75) is 44.9 Å². The number of hydrogen-bond donors (Lipinski definition) is 1. The molecule has 2 amide bonds. The van der Waals surface area contributed by atoms with Crippen molar-refractivity contribution in [1.82, 2.24) is 19.9 Å². The normalized spacial score (nSPS) is 11.3. The van der Waals surface area contributed by atoms with Crippen LogP contribution in [0, 0.1) is 13.8 Å². The van der Waals surface area contributed by atoms with Gasteiger partial charge in [-0.05, 0) is 70.2 Å². The lowest BCUT2D eigenvalue weighted by atomic mass is 10.0. The van der Waals surface area contributed by atoms with Crippen LogP contribution >= 0.6 is 34.7 Å². The SMILES string of the molecule is Cc1cc(C)nc(SCC(=O)N(Cc2nc(-c3ccc(Cl)cc3)cs2)C(C)(C)C(=O)Nc2ccc(N(C)C)cc2)n1. The molecule has 0 spiro atoms. The van der Waals surface area contributed by atoms with Crippen LogP contribution in [0.3, 0.4) is 0 Å². The van der Waals surface area contributed by atoms with Crippen molar-refractivity contribution >= 4 is 57.9 Å². The Morgan fingerprint density at radius 3 is 2.22 bits per heavy atom. The van der Waals surface area contributed by atoms with E-state index < -0.39 is 5.54 Å². The Balaban J connectivity index is 1.57. The maximum absolute atomic E-state index is 13.8. The molecule has 0 aliphatic heterocycles. The van der Waals surface area contributed by atoms with Crippen LogP contribution in [0.25, 0.3) is 11.3 Å². The van der Waals surface area contributed by atoms with Gasteiger partial charge in [-0.25, -0.2) is 15.0 Å². The van der Waals surface area contributed by atoms with E-state index in [1.807, 2.05) is 92.8 Å².